The van der Waals surface area contributed by atoms with Gasteiger partial charge in [0.05, 0.1) is 0 Å². The normalized spacial score (nSPS) is 10.6. The molecule has 0 aliphatic heterocycles. The van der Waals surface area contributed by atoms with E-state index in [9.17, 15) is 4.79 Å². The van der Waals surface area contributed by atoms with Crippen LogP contribution in [0.15, 0.2) is 0 Å². The lowest BCUT2D eigenvalue weighted by atomic mass is 10.1. The van der Waals surface area contributed by atoms with E-state index < -0.39 is 0 Å². The summed E-state index contributed by atoms with van der Waals surface area (Å²) in [5.41, 5.74) is 0. The van der Waals surface area contributed by atoms with Crippen molar-refractivity contribution < 1.29 is 4.79 Å². The average Bonchev–Trinajstić information content (AvgIpc) is 2.51. The Morgan fingerprint density at radius 2 is 2.29 bits per heavy atom. The molecular weight excluding hydrogens is 198 g/mol. The number of hydrogen-bond acceptors (Lipinski definition) is 4. The first-order chi connectivity index (χ1) is 6.59. The molecule has 0 aliphatic carbocycles. The summed E-state index contributed by atoms with van der Waals surface area (Å²) in [6.07, 6.45) is 0.990. The van der Waals surface area contributed by atoms with Crippen LogP contribution < -0.4 is 5.32 Å². The van der Waals surface area contributed by atoms with E-state index in [0.717, 1.165) is 18.0 Å². The lowest BCUT2D eigenvalue weighted by Gasteiger charge is -2.04. The molecule has 0 atom stereocenters. The lowest BCUT2D eigenvalue weighted by Crippen LogP contribution is -2.25. The van der Waals surface area contributed by atoms with Crippen molar-refractivity contribution in [3.63, 3.8) is 0 Å². The molecule has 0 aliphatic rings. The largest absolute Gasteiger partial charge is 0.350 e. The highest BCUT2D eigenvalue weighted by molar-refractivity contribution is 7.07. The van der Waals surface area contributed by atoms with Gasteiger partial charge in [-0.2, -0.15) is 4.37 Å². The standard InChI is InChI=1S/C9H15N3OS/c1-6(2)4-5-10-8(13)9-11-7(3)12-14-9/h6H,4-5H2,1-3H3,(H,10,13). The minimum Gasteiger partial charge on any atom is -0.350 e. The van der Waals surface area contributed by atoms with E-state index in [4.69, 9.17) is 0 Å². The van der Waals surface area contributed by atoms with Gasteiger partial charge in [0.1, 0.15) is 5.82 Å². The van der Waals surface area contributed by atoms with Crippen molar-refractivity contribution in [1.29, 1.82) is 0 Å². The molecular formula is C9H15N3OS. The van der Waals surface area contributed by atoms with E-state index in [1.165, 1.54) is 0 Å². The van der Waals surface area contributed by atoms with E-state index in [-0.39, 0.29) is 5.91 Å². The van der Waals surface area contributed by atoms with Gasteiger partial charge in [0, 0.05) is 6.54 Å². The highest BCUT2D eigenvalue weighted by Crippen LogP contribution is 2.03. The molecule has 1 rings (SSSR count). The van der Waals surface area contributed by atoms with E-state index in [2.05, 4.69) is 28.5 Å². The summed E-state index contributed by atoms with van der Waals surface area (Å²) in [6, 6.07) is 0. The Morgan fingerprint density at radius 1 is 1.57 bits per heavy atom. The summed E-state index contributed by atoms with van der Waals surface area (Å²) in [5.74, 6) is 1.15. The monoisotopic (exact) mass is 213 g/mol. The van der Waals surface area contributed by atoms with Gasteiger partial charge in [0.15, 0.2) is 0 Å². The molecule has 0 aromatic carbocycles. The fraction of sp³-hybridized carbons (Fsp3) is 0.667. The number of carbonyl (C=O) groups is 1. The number of nitrogens with one attached hydrogen (secondary N) is 1. The van der Waals surface area contributed by atoms with Crippen molar-refractivity contribution in [2.45, 2.75) is 27.2 Å². The van der Waals surface area contributed by atoms with Gasteiger partial charge < -0.3 is 5.32 Å². The molecule has 1 heterocycles. The van der Waals surface area contributed by atoms with Gasteiger partial charge in [-0.05, 0) is 30.8 Å². The number of nitrogens with zero attached hydrogens (tertiary/aromatic N) is 2. The average molecular weight is 213 g/mol. The number of aromatic nitrogens is 2. The maximum Gasteiger partial charge on any atom is 0.281 e. The Balaban J connectivity index is 2.36. The SMILES string of the molecule is Cc1nsc(C(=O)NCCC(C)C)n1. The highest BCUT2D eigenvalue weighted by atomic mass is 32.1. The fourth-order valence-corrected chi connectivity index (χ4v) is 1.53. The van der Waals surface area contributed by atoms with Gasteiger partial charge in [-0.3, -0.25) is 4.79 Å². The Kier molecular flexibility index (Phi) is 4.00. The Labute approximate surface area is 87.9 Å². The second-order valence-corrected chi connectivity index (χ2v) is 4.34. The summed E-state index contributed by atoms with van der Waals surface area (Å²) < 4.78 is 3.95. The van der Waals surface area contributed by atoms with Crippen LogP contribution in [-0.4, -0.2) is 21.8 Å². The first-order valence-electron chi connectivity index (χ1n) is 4.68. The smallest absolute Gasteiger partial charge is 0.281 e. The molecule has 0 bridgehead atoms. The molecule has 0 saturated heterocycles. The molecule has 0 unspecified atom stereocenters. The van der Waals surface area contributed by atoms with E-state index in [1.807, 2.05) is 0 Å². The third-order valence-electron chi connectivity index (χ3n) is 1.73. The third-order valence-corrected chi connectivity index (χ3v) is 2.53. The minimum absolute atomic E-state index is 0.115. The lowest BCUT2D eigenvalue weighted by molar-refractivity contribution is 0.0951. The maximum absolute atomic E-state index is 11.4. The van der Waals surface area contributed by atoms with Gasteiger partial charge in [-0.25, -0.2) is 4.98 Å². The van der Waals surface area contributed by atoms with Crippen molar-refractivity contribution in [3.05, 3.63) is 10.8 Å². The molecule has 1 N–H and O–H groups in total. The van der Waals surface area contributed by atoms with Crippen molar-refractivity contribution in [3.8, 4) is 0 Å². The van der Waals surface area contributed by atoms with E-state index >= 15 is 0 Å². The molecule has 0 fully saturated rings. The summed E-state index contributed by atoms with van der Waals surface area (Å²) in [6.45, 7) is 6.74. The minimum atomic E-state index is -0.115. The molecule has 1 aromatic heterocycles. The zero-order valence-electron chi connectivity index (χ0n) is 8.70. The molecule has 14 heavy (non-hydrogen) atoms. The fourth-order valence-electron chi connectivity index (χ4n) is 0.939. The highest BCUT2D eigenvalue weighted by Gasteiger charge is 2.09. The van der Waals surface area contributed by atoms with Crippen LogP contribution in [0.5, 0.6) is 0 Å². The van der Waals surface area contributed by atoms with Crippen LogP contribution in [0.2, 0.25) is 0 Å². The Hall–Kier alpha value is -0.970. The number of carbonyl (C=O) groups excluding carboxylic acids is 1. The second kappa shape index (κ2) is 5.05. The summed E-state index contributed by atoms with van der Waals surface area (Å²) in [4.78, 5) is 15.4. The van der Waals surface area contributed by atoms with Gasteiger partial charge in [-0.15, -0.1) is 0 Å². The van der Waals surface area contributed by atoms with Crippen molar-refractivity contribution in [1.82, 2.24) is 14.7 Å². The summed E-state index contributed by atoms with van der Waals surface area (Å²) in [7, 11) is 0. The molecule has 5 heteroatoms. The zero-order valence-corrected chi connectivity index (χ0v) is 9.52. The van der Waals surface area contributed by atoms with Crippen molar-refractivity contribution >= 4 is 17.4 Å². The summed E-state index contributed by atoms with van der Waals surface area (Å²) in [5, 5.41) is 3.26. The number of rotatable bonds is 4. The first-order valence-corrected chi connectivity index (χ1v) is 5.45. The van der Waals surface area contributed by atoms with Crippen molar-refractivity contribution in [2.24, 2.45) is 5.92 Å². The number of aryl methyl sites for hydroxylation is 1. The maximum atomic E-state index is 11.4. The van der Waals surface area contributed by atoms with Crippen LogP contribution in [0, 0.1) is 12.8 Å². The number of hydrogen-bond donors (Lipinski definition) is 1. The quantitative estimate of drug-likeness (QED) is 0.827. The van der Waals surface area contributed by atoms with Crippen LogP contribution in [0.3, 0.4) is 0 Å². The molecule has 0 spiro atoms. The van der Waals surface area contributed by atoms with Crippen LogP contribution in [0.25, 0.3) is 0 Å². The molecule has 0 radical (unpaired) electrons. The molecule has 1 amide bonds. The predicted molar refractivity (Wildman–Crippen MR) is 56.4 cm³/mol. The van der Waals surface area contributed by atoms with E-state index in [1.54, 1.807) is 6.92 Å². The van der Waals surface area contributed by atoms with Gasteiger partial charge in [0.2, 0.25) is 5.01 Å². The first kappa shape index (κ1) is 11.1. The summed E-state index contributed by atoms with van der Waals surface area (Å²) >= 11 is 1.14. The molecule has 1 aromatic rings. The third kappa shape index (κ3) is 3.41. The van der Waals surface area contributed by atoms with Crippen LogP contribution >= 0.6 is 11.5 Å². The number of amides is 1. The zero-order chi connectivity index (χ0) is 10.6. The van der Waals surface area contributed by atoms with E-state index in [0.29, 0.717) is 23.3 Å². The Morgan fingerprint density at radius 3 is 2.79 bits per heavy atom. The molecule has 4 nitrogen and oxygen atoms in total. The topological polar surface area (TPSA) is 54.9 Å². The van der Waals surface area contributed by atoms with Crippen LogP contribution in [0.4, 0.5) is 0 Å². The van der Waals surface area contributed by atoms with Gasteiger partial charge >= 0.3 is 0 Å². The second-order valence-electron chi connectivity index (χ2n) is 3.59. The van der Waals surface area contributed by atoms with Crippen LogP contribution in [-0.2, 0) is 0 Å². The van der Waals surface area contributed by atoms with Crippen molar-refractivity contribution in [2.75, 3.05) is 6.54 Å². The van der Waals surface area contributed by atoms with Gasteiger partial charge in [-0.1, -0.05) is 13.8 Å². The van der Waals surface area contributed by atoms with Gasteiger partial charge in [0.25, 0.3) is 5.91 Å². The predicted octanol–water partition coefficient (Wildman–Crippen LogP) is 1.62. The Bertz CT molecular complexity index is 309. The molecule has 0 saturated carbocycles. The molecule has 78 valence electrons. The van der Waals surface area contributed by atoms with Crippen LogP contribution in [0.1, 0.15) is 35.9 Å².